The zero-order chi connectivity index (χ0) is 29.7. The number of likely N-dealkylation sites (N-methyl/N-ethyl adjacent to an activating group) is 1. The molecule has 0 spiro atoms. The molecule has 1 fully saturated rings. The van der Waals surface area contributed by atoms with E-state index in [4.69, 9.17) is 44.3 Å². The molecule has 1 amide bonds. The summed E-state index contributed by atoms with van der Waals surface area (Å²) in [6.45, 7) is 2.83. The van der Waals surface area contributed by atoms with Gasteiger partial charge in [-0.2, -0.15) is 0 Å². The van der Waals surface area contributed by atoms with Crippen molar-refractivity contribution in [1.29, 1.82) is 0 Å². The first-order chi connectivity index (χ1) is 19.4. The molecule has 3 aromatic carbocycles. The van der Waals surface area contributed by atoms with E-state index >= 15 is 0 Å². The van der Waals surface area contributed by atoms with Gasteiger partial charge in [-0.3, -0.25) is 4.79 Å². The van der Waals surface area contributed by atoms with Crippen molar-refractivity contribution in [2.75, 3.05) is 25.5 Å². The summed E-state index contributed by atoms with van der Waals surface area (Å²) >= 11 is 17.0. The highest BCUT2D eigenvalue weighted by molar-refractivity contribution is 6.76. The fourth-order valence-corrected chi connectivity index (χ4v) is 4.91. The number of nitrogens with one attached hydrogen (secondary N) is 1. The highest BCUT2D eigenvalue weighted by Crippen LogP contribution is 2.42. The number of benzene rings is 3. The third-order valence-corrected chi connectivity index (χ3v) is 7.57. The minimum absolute atomic E-state index is 0.0524. The van der Waals surface area contributed by atoms with Gasteiger partial charge in [0, 0.05) is 30.3 Å². The van der Waals surface area contributed by atoms with Crippen LogP contribution in [0.5, 0.6) is 5.75 Å². The Bertz CT molecular complexity index is 1300. The van der Waals surface area contributed by atoms with Crippen LogP contribution in [0.25, 0.3) is 0 Å². The number of nitrogens with zero attached hydrogens (tertiary/aromatic N) is 1. The number of carbonyl (C=O) groups excluding carboxylic acids is 1. The molecular formula is C30H33Cl3N2O6. The summed E-state index contributed by atoms with van der Waals surface area (Å²) in [5.74, 6) is -0.729. The van der Waals surface area contributed by atoms with Crippen LogP contribution in [0.4, 0.5) is 5.69 Å². The quantitative estimate of drug-likeness (QED) is 0.228. The molecule has 4 rings (SSSR count). The number of carbonyl (C=O) groups is 1. The van der Waals surface area contributed by atoms with Gasteiger partial charge in [-0.05, 0) is 48.0 Å². The van der Waals surface area contributed by atoms with Crippen molar-refractivity contribution in [3.05, 3.63) is 95.1 Å². The van der Waals surface area contributed by atoms with E-state index in [1.807, 2.05) is 36.2 Å². The minimum atomic E-state index is -2.09. The van der Waals surface area contributed by atoms with Gasteiger partial charge in [0.05, 0.1) is 24.9 Å². The summed E-state index contributed by atoms with van der Waals surface area (Å²) in [5, 5.41) is 32.6. The Hall–Kier alpha value is -2.40. The fourth-order valence-electron chi connectivity index (χ4n) is 4.77. The lowest BCUT2D eigenvalue weighted by Gasteiger charge is -2.42. The molecule has 0 radical (unpaired) electrons. The number of halogens is 3. The van der Waals surface area contributed by atoms with Crippen LogP contribution in [-0.2, 0) is 20.9 Å². The van der Waals surface area contributed by atoms with Crippen LogP contribution in [0.15, 0.2) is 72.8 Å². The van der Waals surface area contributed by atoms with Crippen LogP contribution in [0.3, 0.4) is 0 Å². The van der Waals surface area contributed by atoms with Crippen molar-refractivity contribution in [1.82, 2.24) is 4.90 Å². The van der Waals surface area contributed by atoms with Gasteiger partial charge < -0.3 is 35.0 Å². The molecule has 220 valence electrons. The Labute approximate surface area is 254 Å². The maximum absolute atomic E-state index is 12.0. The monoisotopic (exact) mass is 622 g/mol. The van der Waals surface area contributed by atoms with Gasteiger partial charge in [0.15, 0.2) is 6.29 Å². The third kappa shape index (κ3) is 8.34. The van der Waals surface area contributed by atoms with Crippen molar-refractivity contribution in [2.45, 2.75) is 41.9 Å². The van der Waals surface area contributed by atoms with Gasteiger partial charge in [0.1, 0.15) is 5.75 Å². The lowest BCUT2D eigenvalue weighted by molar-refractivity contribution is -0.276. The molecule has 5 atom stereocenters. The van der Waals surface area contributed by atoms with E-state index in [0.717, 1.165) is 16.7 Å². The minimum Gasteiger partial charge on any atom is -0.508 e. The summed E-state index contributed by atoms with van der Waals surface area (Å²) in [6, 6.07) is 21.1. The number of phenolic OH excluding ortho intramolecular Hbond substituents is 1. The normalized spacial score (nSPS) is 22.0. The zero-order valence-corrected chi connectivity index (χ0v) is 24.9. The lowest BCUT2D eigenvalue weighted by atomic mass is 9.90. The number of aliphatic hydroxyl groups is 2. The van der Waals surface area contributed by atoms with Crippen molar-refractivity contribution < 1.29 is 29.6 Å². The van der Waals surface area contributed by atoms with Crippen molar-refractivity contribution in [3.8, 4) is 5.75 Å². The van der Waals surface area contributed by atoms with Crippen LogP contribution in [-0.4, -0.2) is 56.2 Å². The lowest BCUT2D eigenvalue weighted by Crippen LogP contribution is -2.44. The summed E-state index contributed by atoms with van der Waals surface area (Å²) in [4.78, 5) is 14.0. The predicted molar refractivity (Wildman–Crippen MR) is 159 cm³/mol. The Balaban J connectivity index is 1.53. The van der Waals surface area contributed by atoms with Gasteiger partial charge in [-0.1, -0.05) is 90.3 Å². The average molecular weight is 624 g/mol. The molecule has 5 unspecified atom stereocenters. The van der Waals surface area contributed by atoms with Gasteiger partial charge in [-0.15, -0.1) is 0 Å². The molecule has 1 heterocycles. The second-order valence-electron chi connectivity index (χ2n) is 10.2. The zero-order valence-electron chi connectivity index (χ0n) is 22.6. The molecule has 1 aliphatic heterocycles. The first kappa shape index (κ1) is 31.5. The number of phenols is 1. The molecule has 4 N–H and O–H groups in total. The molecule has 11 heteroatoms. The fraction of sp³-hybridized carbons (Fsp3) is 0.367. The summed E-state index contributed by atoms with van der Waals surface area (Å²) < 4.78 is 10.8. The maximum Gasteiger partial charge on any atom is 0.276 e. The van der Waals surface area contributed by atoms with E-state index in [9.17, 15) is 20.1 Å². The molecular weight excluding hydrogens is 591 g/mol. The SMILES string of the molecule is CC1C(CN(C)CC(O)c2cccc(O)c2)OC(c2ccc(NC(=O)C(Cl)(Cl)Cl)cc2)OC1c1ccc(CO)cc1. The number of anilines is 1. The maximum atomic E-state index is 12.0. The van der Waals surface area contributed by atoms with Gasteiger partial charge in [-0.25, -0.2) is 0 Å². The van der Waals surface area contributed by atoms with E-state index in [1.54, 1.807) is 48.5 Å². The molecule has 0 bridgehead atoms. The topological polar surface area (TPSA) is 111 Å². The highest BCUT2D eigenvalue weighted by Gasteiger charge is 2.39. The molecule has 0 aromatic heterocycles. The van der Waals surface area contributed by atoms with Crippen molar-refractivity contribution >= 4 is 46.4 Å². The number of amides is 1. The molecule has 0 aliphatic carbocycles. The summed E-state index contributed by atoms with van der Waals surface area (Å²) in [6.07, 6.45) is -2.11. The van der Waals surface area contributed by atoms with Gasteiger partial charge in [0.2, 0.25) is 0 Å². The van der Waals surface area contributed by atoms with Gasteiger partial charge in [0.25, 0.3) is 9.70 Å². The first-order valence-electron chi connectivity index (χ1n) is 13.1. The predicted octanol–water partition coefficient (Wildman–Crippen LogP) is 5.65. The second-order valence-corrected chi connectivity index (χ2v) is 12.5. The van der Waals surface area contributed by atoms with Crippen LogP contribution in [0.1, 0.15) is 47.7 Å². The summed E-state index contributed by atoms with van der Waals surface area (Å²) in [5.41, 5.74) is 3.55. The van der Waals surface area contributed by atoms with Crippen molar-refractivity contribution in [2.24, 2.45) is 5.92 Å². The summed E-state index contributed by atoms with van der Waals surface area (Å²) in [7, 11) is 1.90. The molecule has 1 saturated heterocycles. The van der Waals surface area contributed by atoms with E-state index in [-0.39, 0.29) is 30.5 Å². The number of hydrogen-bond acceptors (Lipinski definition) is 7. The Morgan fingerprint density at radius 2 is 1.68 bits per heavy atom. The molecule has 3 aromatic rings. The Morgan fingerprint density at radius 3 is 2.29 bits per heavy atom. The largest absolute Gasteiger partial charge is 0.508 e. The molecule has 1 aliphatic rings. The Kier molecular flexibility index (Phi) is 10.5. The highest BCUT2D eigenvalue weighted by atomic mass is 35.6. The molecule has 0 saturated carbocycles. The van der Waals surface area contributed by atoms with Crippen LogP contribution in [0, 0.1) is 5.92 Å². The number of aromatic hydroxyl groups is 1. The van der Waals surface area contributed by atoms with Gasteiger partial charge >= 0.3 is 0 Å². The number of rotatable bonds is 9. The van der Waals surface area contributed by atoms with Crippen LogP contribution < -0.4 is 5.32 Å². The van der Waals surface area contributed by atoms with Crippen LogP contribution >= 0.6 is 34.8 Å². The van der Waals surface area contributed by atoms with E-state index < -0.39 is 22.1 Å². The number of hydrogen-bond donors (Lipinski definition) is 4. The van der Waals surface area contributed by atoms with Crippen LogP contribution in [0.2, 0.25) is 0 Å². The standard InChI is InChI=1S/C30H33Cl3N2O6/c1-18-26(16-35(2)15-25(38)22-4-3-5-24(37)14-22)40-28(41-27(18)20-8-6-19(17-36)7-9-20)21-10-12-23(13-11-21)34-29(39)30(31,32)33/h3-14,18,25-28,36-38H,15-17H2,1-2H3,(H,34,39). The van der Waals surface area contributed by atoms with Crippen molar-refractivity contribution in [3.63, 3.8) is 0 Å². The Morgan fingerprint density at radius 1 is 1.02 bits per heavy atom. The second kappa shape index (κ2) is 13.7. The number of alkyl halides is 3. The number of aliphatic hydroxyl groups excluding tert-OH is 2. The van der Waals surface area contributed by atoms with E-state index in [0.29, 0.717) is 24.3 Å². The first-order valence-corrected chi connectivity index (χ1v) is 14.2. The smallest absolute Gasteiger partial charge is 0.276 e. The van der Waals surface area contributed by atoms with E-state index in [1.165, 1.54) is 0 Å². The average Bonchev–Trinajstić information content (AvgIpc) is 2.94. The van der Waals surface area contributed by atoms with E-state index in [2.05, 4.69) is 12.2 Å². The molecule has 8 nitrogen and oxygen atoms in total. The third-order valence-electron chi connectivity index (χ3n) is 7.05. The number of ether oxygens (including phenoxy) is 2. The molecule has 41 heavy (non-hydrogen) atoms.